The van der Waals surface area contributed by atoms with Crippen molar-refractivity contribution in [3.05, 3.63) is 108 Å². The standard InChI is InChI=1S/C33H40FN5O5S2.C8H10O3S/c1-20(2)30-36-25(18-45-30)31(42)39-13-14-44-33(19-39)8-11-38(12-9-33)17-21-3-5-24(34)22(15-21)7-10-35-16-27(41)23-4-6-26(40)28-29(23)46-32(43)37-28;1-6-3-4-7(2)8(5-6)12(9,10)11/h3-6,15,18,20,27,35,40-41H,7-14,16-17,19H2,1-2H3,(H,37,43);3-5H,1-2H3,(H,9,10,11)/t27-;/m0./s1. The van der Waals surface area contributed by atoms with Gasteiger partial charge in [-0.05, 0) is 80.1 Å². The first-order valence-electron chi connectivity index (χ1n) is 19.2. The average molecular weight is 856 g/mol. The van der Waals surface area contributed by atoms with Crippen LogP contribution in [0.3, 0.4) is 0 Å². The van der Waals surface area contributed by atoms with Gasteiger partial charge in [-0.3, -0.25) is 19.0 Å². The average Bonchev–Trinajstić information content (AvgIpc) is 3.84. The number of carbonyl (C=O) groups is 1. The molecule has 2 fully saturated rings. The van der Waals surface area contributed by atoms with Crippen LogP contribution in [0, 0.1) is 19.7 Å². The number of aliphatic hydroxyl groups excluding tert-OH is 1. The van der Waals surface area contributed by atoms with E-state index in [2.05, 4.69) is 34.0 Å². The Hall–Kier alpha value is -4.07. The summed E-state index contributed by atoms with van der Waals surface area (Å²) >= 11 is 2.48. The maximum Gasteiger partial charge on any atom is 0.305 e. The van der Waals surface area contributed by atoms with E-state index in [1.165, 1.54) is 29.5 Å². The van der Waals surface area contributed by atoms with Crippen LogP contribution in [-0.4, -0.2) is 100 Å². The zero-order valence-electron chi connectivity index (χ0n) is 33.0. The van der Waals surface area contributed by atoms with Gasteiger partial charge in [-0.1, -0.05) is 55.5 Å². The van der Waals surface area contributed by atoms with Crippen LogP contribution >= 0.6 is 22.7 Å². The molecule has 312 valence electrons. The normalized spacial score (nSPS) is 16.4. The molecule has 7 rings (SSSR count). The summed E-state index contributed by atoms with van der Waals surface area (Å²) in [5, 5.41) is 26.8. The molecule has 2 aliphatic rings. The predicted octanol–water partition coefficient (Wildman–Crippen LogP) is 5.94. The molecule has 5 N–H and O–H groups in total. The highest BCUT2D eigenvalue weighted by Crippen LogP contribution is 2.33. The van der Waals surface area contributed by atoms with Crippen LogP contribution in [0.15, 0.2) is 63.6 Å². The fraction of sp³-hybridized carbons (Fsp3) is 0.439. The molecular weight excluding hydrogens is 806 g/mol. The van der Waals surface area contributed by atoms with Gasteiger partial charge >= 0.3 is 4.87 Å². The number of phenolic OH excluding ortho intramolecular Hbond substituents is 1. The molecule has 0 saturated carbocycles. The van der Waals surface area contributed by atoms with Crippen LogP contribution < -0.4 is 10.2 Å². The van der Waals surface area contributed by atoms with Gasteiger partial charge < -0.3 is 30.2 Å². The molecule has 2 aliphatic heterocycles. The number of benzene rings is 3. The summed E-state index contributed by atoms with van der Waals surface area (Å²) < 4.78 is 51.8. The number of ether oxygens (including phenoxy) is 1. The highest BCUT2D eigenvalue weighted by molar-refractivity contribution is 7.85. The van der Waals surface area contributed by atoms with E-state index < -0.39 is 16.2 Å². The van der Waals surface area contributed by atoms with Crippen LogP contribution in [0.2, 0.25) is 0 Å². The highest BCUT2D eigenvalue weighted by Gasteiger charge is 2.41. The van der Waals surface area contributed by atoms with E-state index in [4.69, 9.17) is 9.29 Å². The summed E-state index contributed by atoms with van der Waals surface area (Å²) in [5.74, 6) is -0.0234. The van der Waals surface area contributed by atoms with Gasteiger partial charge in [0.2, 0.25) is 0 Å². The van der Waals surface area contributed by atoms with Crippen LogP contribution in [-0.2, 0) is 27.8 Å². The summed E-state index contributed by atoms with van der Waals surface area (Å²) in [6.45, 7) is 12.3. The topological polar surface area (TPSA) is 185 Å². The van der Waals surface area contributed by atoms with Crippen molar-refractivity contribution in [1.29, 1.82) is 0 Å². The molecule has 3 aromatic carbocycles. The van der Waals surface area contributed by atoms with Crippen molar-refractivity contribution in [3.63, 3.8) is 0 Å². The number of piperidine rings is 1. The Bertz CT molecular complexity index is 2410. The molecule has 58 heavy (non-hydrogen) atoms. The van der Waals surface area contributed by atoms with E-state index in [0.29, 0.717) is 77.7 Å². The Labute approximate surface area is 345 Å². The molecule has 4 heterocycles. The van der Waals surface area contributed by atoms with Gasteiger partial charge in [0.25, 0.3) is 16.0 Å². The van der Waals surface area contributed by atoms with Crippen LogP contribution in [0.5, 0.6) is 5.75 Å². The summed E-state index contributed by atoms with van der Waals surface area (Å²) in [6.07, 6.45) is 1.20. The molecule has 2 saturated heterocycles. The number of aromatic amines is 1. The Morgan fingerprint density at radius 1 is 1.10 bits per heavy atom. The van der Waals surface area contributed by atoms with Crippen molar-refractivity contribution in [2.75, 3.05) is 45.9 Å². The lowest BCUT2D eigenvalue weighted by Crippen LogP contribution is -2.58. The molecular formula is C41H50FN5O8S3. The first-order valence-corrected chi connectivity index (χ1v) is 22.3. The SMILES string of the molecule is CC(C)c1nc(C(=O)N2CCOC3(CCN(Cc4ccc(F)c(CCNC[C@H](O)c5ccc(O)c6[nH]c(=O)sc56)c4)CC3)C2)cs1.Cc1ccc(C)c(S(=O)(=O)O)c1. The number of aromatic hydroxyl groups is 1. The number of H-pyrrole nitrogens is 1. The molecule has 13 nitrogen and oxygen atoms in total. The molecule has 1 atom stereocenters. The number of fused-ring (bicyclic) bond motifs is 1. The van der Waals surface area contributed by atoms with Crippen molar-refractivity contribution in [3.8, 4) is 5.75 Å². The number of nitrogens with one attached hydrogen (secondary N) is 2. The first kappa shape index (κ1) is 43.5. The maximum absolute atomic E-state index is 14.7. The van der Waals surface area contributed by atoms with E-state index in [1.807, 2.05) is 22.4 Å². The zero-order valence-corrected chi connectivity index (χ0v) is 35.4. The largest absolute Gasteiger partial charge is 0.506 e. The van der Waals surface area contributed by atoms with Crippen LogP contribution in [0.1, 0.15) is 82.0 Å². The third-order valence-corrected chi connectivity index (χ3v) is 13.6. The second kappa shape index (κ2) is 18.5. The quantitative estimate of drug-likeness (QED) is 0.0783. The highest BCUT2D eigenvalue weighted by atomic mass is 32.2. The van der Waals surface area contributed by atoms with Gasteiger partial charge in [-0.15, -0.1) is 11.3 Å². The minimum atomic E-state index is -4.06. The fourth-order valence-corrected chi connectivity index (χ4v) is 9.82. The van der Waals surface area contributed by atoms with E-state index in [-0.39, 0.29) is 39.4 Å². The lowest BCUT2D eigenvalue weighted by molar-refractivity contribution is -0.128. The maximum atomic E-state index is 14.7. The number of thiazole rings is 2. The second-order valence-electron chi connectivity index (χ2n) is 15.3. The zero-order chi connectivity index (χ0) is 41.8. The van der Waals surface area contributed by atoms with E-state index in [0.717, 1.165) is 53.4 Å². The van der Waals surface area contributed by atoms with Crippen molar-refractivity contribution in [2.45, 2.75) is 76.0 Å². The number of rotatable bonds is 11. The third-order valence-electron chi connectivity index (χ3n) is 10.5. The molecule has 2 aromatic heterocycles. The number of hydrogen-bond donors (Lipinski definition) is 5. The Morgan fingerprint density at radius 3 is 2.55 bits per heavy atom. The van der Waals surface area contributed by atoms with Gasteiger partial charge in [-0.25, -0.2) is 9.37 Å². The number of phenols is 1. The minimum absolute atomic E-state index is 0.0116. The molecule has 1 amide bonds. The van der Waals surface area contributed by atoms with Crippen molar-refractivity contribution < 1.29 is 37.1 Å². The van der Waals surface area contributed by atoms with Gasteiger partial charge in [0.1, 0.15) is 22.8 Å². The number of halogens is 1. The van der Waals surface area contributed by atoms with Crippen molar-refractivity contribution in [2.24, 2.45) is 0 Å². The van der Waals surface area contributed by atoms with E-state index in [1.54, 1.807) is 32.0 Å². The van der Waals surface area contributed by atoms with E-state index >= 15 is 0 Å². The van der Waals surface area contributed by atoms with Gasteiger partial charge in [0.05, 0.1) is 39.5 Å². The number of nitrogens with zero attached hydrogens (tertiary/aromatic N) is 3. The molecule has 0 unspecified atom stereocenters. The number of morpholine rings is 1. The molecule has 5 aromatic rings. The van der Waals surface area contributed by atoms with Crippen LogP contribution in [0.25, 0.3) is 10.2 Å². The van der Waals surface area contributed by atoms with Crippen molar-refractivity contribution >= 4 is 48.9 Å². The number of carbonyl (C=O) groups excluding carboxylic acids is 1. The first-order chi connectivity index (χ1) is 27.5. The number of aryl methyl sites for hydroxylation is 2. The Morgan fingerprint density at radius 2 is 1.86 bits per heavy atom. The fourth-order valence-electron chi connectivity index (χ4n) is 7.29. The van der Waals surface area contributed by atoms with Gasteiger partial charge in [0, 0.05) is 49.6 Å². The van der Waals surface area contributed by atoms with Gasteiger partial charge in [-0.2, -0.15) is 8.42 Å². The van der Waals surface area contributed by atoms with Crippen molar-refractivity contribution in [1.82, 2.24) is 25.1 Å². The predicted molar refractivity (Wildman–Crippen MR) is 223 cm³/mol. The summed E-state index contributed by atoms with van der Waals surface area (Å²) in [6, 6.07) is 13.2. The smallest absolute Gasteiger partial charge is 0.305 e. The Kier molecular flexibility index (Phi) is 13.8. The van der Waals surface area contributed by atoms with Gasteiger partial charge in [0.15, 0.2) is 0 Å². The summed E-state index contributed by atoms with van der Waals surface area (Å²) in [4.78, 5) is 36.1. The summed E-state index contributed by atoms with van der Waals surface area (Å²) in [5.41, 5.74) is 4.06. The molecule has 0 aliphatic carbocycles. The number of amides is 1. The number of hydrogen-bond acceptors (Lipinski definition) is 12. The third kappa shape index (κ3) is 10.6. The molecule has 0 bridgehead atoms. The monoisotopic (exact) mass is 855 g/mol. The summed E-state index contributed by atoms with van der Waals surface area (Å²) in [7, 11) is -4.06. The Balaban J connectivity index is 0.000000406. The molecule has 17 heteroatoms. The number of aromatic nitrogens is 2. The van der Waals surface area contributed by atoms with Crippen LogP contribution in [0.4, 0.5) is 4.39 Å². The number of aliphatic hydroxyl groups is 1. The lowest BCUT2D eigenvalue weighted by atomic mass is 9.89. The minimum Gasteiger partial charge on any atom is -0.506 e. The molecule has 0 radical (unpaired) electrons. The molecule has 1 spiro atoms. The second-order valence-corrected chi connectivity index (χ2v) is 18.6. The lowest BCUT2D eigenvalue weighted by Gasteiger charge is -2.47. The van der Waals surface area contributed by atoms with E-state index in [9.17, 15) is 32.6 Å². The number of likely N-dealkylation sites (tertiary alicyclic amines) is 1.